The minimum atomic E-state index is -1.28. The third-order valence-electron chi connectivity index (χ3n) is 7.76. The van der Waals surface area contributed by atoms with Gasteiger partial charge in [-0.25, -0.2) is 4.68 Å². The van der Waals surface area contributed by atoms with Crippen LogP contribution in [-0.2, 0) is 16.1 Å². The summed E-state index contributed by atoms with van der Waals surface area (Å²) in [5.74, 6) is -1.53. The summed E-state index contributed by atoms with van der Waals surface area (Å²) in [6, 6.07) is 9.71. The molecule has 0 bridgehead atoms. The fourth-order valence-electron chi connectivity index (χ4n) is 5.84. The van der Waals surface area contributed by atoms with Gasteiger partial charge in [0.15, 0.2) is 0 Å². The molecule has 0 spiro atoms. The summed E-state index contributed by atoms with van der Waals surface area (Å²) in [6.07, 6.45) is 3.81. The average Bonchev–Trinajstić information content (AvgIpc) is 3.64. The zero-order valence-electron chi connectivity index (χ0n) is 21.1. The molecule has 3 heterocycles. The highest BCUT2D eigenvalue weighted by Gasteiger charge is 2.56. The minimum Gasteiger partial charge on any atom is -0.333 e. The lowest BCUT2D eigenvalue weighted by atomic mass is 9.92. The van der Waals surface area contributed by atoms with E-state index in [0.29, 0.717) is 63.3 Å². The SMILES string of the molecule is O=C1CN(C(=O)C2(N3C(=O)c4ccccc4C3=O)CCCC2)CCN1Cc1cn(-c2c(Cl)cc(Cl)cc2Cl)nn1. The Kier molecular flexibility index (Phi) is 6.80. The molecular weight excluding hydrogens is 579 g/mol. The molecule has 0 radical (unpaired) electrons. The number of amides is 4. The van der Waals surface area contributed by atoms with Gasteiger partial charge in [0.05, 0.1) is 40.5 Å². The first-order valence-electron chi connectivity index (χ1n) is 12.8. The second-order valence-corrected chi connectivity index (χ2v) is 11.4. The van der Waals surface area contributed by atoms with Crippen LogP contribution in [-0.4, -0.2) is 78.5 Å². The van der Waals surface area contributed by atoms with Gasteiger partial charge in [-0.15, -0.1) is 5.10 Å². The molecule has 3 aromatic rings. The van der Waals surface area contributed by atoms with Crippen LogP contribution in [0, 0.1) is 0 Å². The molecule has 0 atom stereocenters. The van der Waals surface area contributed by atoms with Gasteiger partial charge in [-0.3, -0.25) is 24.1 Å². The highest BCUT2D eigenvalue weighted by molar-refractivity contribution is 6.40. The zero-order chi connectivity index (χ0) is 28.2. The molecule has 6 rings (SSSR count). The Morgan fingerprint density at radius 3 is 2.15 bits per heavy atom. The third-order valence-corrected chi connectivity index (χ3v) is 8.56. The highest BCUT2D eigenvalue weighted by atomic mass is 35.5. The van der Waals surface area contributed by atoms with E-state index >= 15 is 0 Å². The molecule has 13 heteroatoms. The summed E-state index contributed by atoms with van der Waals surface area (Å²) in [7, 11) is 0. The van der Waals surface area contributed by atoms with Gasteiger partial charge in [0.25, 0.3) is 11.8 Å². The van der Waals surface area contributed by atoms with Crippen LogP contribution in [0.2, 0.25) is 15.1 Å². The van der Waals surface area contributed by atoms with E-state index in [2.05, 4.69) is 10.3 Å². The van der Waals surface area contributed by atoms with E-state index in [9.17, 15) is 19.2 Å². The van der Waals surface area contributed by atoms with Crippen molar-refractivity contribution in [3.8, 4) is 5.69 Å². The fourth-order valence-corrected chi connectivity index (χ4v) is 6.83. The lowest BCUT2D eigenvalue weighted by molar-refractivity contribution is -0.151. The van der Waals surface area contributed by atoms with Gasteiger partial charge >= 0.3 is 0 Å². The molecule has 1 aromatic heterocycles. The van der Waals surface area contributed by atoms with E-state index in [1.807, 2.05) is 0 Å². The number of rotatable bonds is 5. The van der Waals surface area contributed by atoms with Crippen LogP contribution in [0.4, 0.5) is 0 Å². The van der Waals surface area contributed by atoms with E-state index in [4.69, 9.17) is 34.8 Å². The number of piperazine rings is 1. The van der Waals surface area contributed by atoms with E-state index in [1.165, 1.54) is 9.58 Å². The van der Waals surface area contributed by atoms with Gasteiger partial charge in [0.2, 0.25) is 11.8 Å². The van der Waals surface area contributed by atoms with E-state index in [1.54, 1.807) is 47.5 Å². The highest BCUT2D eigenvalue weighted by Crippen LogP contribution is 2.42. The Morgan fingerprint density at radius 1 is 0.925 bits per heavy atom. The zero-order valence-corrected chi connectivity index (χ0v) is 23.4. The number of benzene rings is 2. The molecule has 206 valence electrons. The van der Waals surface area contributed by atoms with Crippen LogP contribution in [0.1, 0.15) is 52.1 Å². The molecule has 2 fully saturated rings. The van der Waals surface area contributed by atoms with Crippen molar-refractivity contribution in [3.05, 3.63) is 74.5 Å². The Hall–Kier alpha value is -3.47. The maximum atomic E-state index is 14.0. The van der Waals surface area contributed by atoms with Crippen molar-refractivity contribution in [2.75, 3.05) is 19.6 Å². The van der Waals surface area contributed by atoms with Gasteiger partial charge in [0, 0.05) is 18.1 Å². The summed E-state index contributed by atoms with van der Waals surface area (Å²) < 4.78 is 1.42. The summed E-state index contributed by atoms with van der Waals surface area (Å²) >= 11 is 18.6. The van der Waals surface area contributed by atoms with Gasteiger partial charge in [-0.2, -0.15) is 0 Å². The molecule has 2 aliphatic heterocycles. The number of imide groups is 1. The van der Waals surface area contributed by atoms with Gasteiger partial charge in [-0.1, -0.05) is 65.0 Å². The molecule has 10 nitrogen and oxygen atoms in total. The number of hydrogen-bond acceptors (Lipinski definition) is 6. The molecule has 0 N–H and O–H groups in total. The summed E-state index contributed by atoms with van der Waals surface area (Å²) in [6.45, 7) is 0.538. The number of nitrogens with zero attached hydrogens (tertiary/aromatic N) is 6. The van der Waals surface area contributed by atoms with Crippen molar-refractivity contribution >= 4 is 58.4 Å². The smallest absolute Gasteiger partial charge is 0.262 e. The molecule has 3 aliphatic rings. The van der Waals surface area contributed by atoms with Crippen LogP contribution >= 0.6 is 34.8 Å². The molecular formula is C27H23Cl3N6O4. The second kappa shape index (κ2) is 10.2. The normalized spacial score (nSPS) is 18.6. The van der Waals surface area contributed by atoms with Crippen LogP contribution in [0.15, 0.2) is 42.6 Å². The molecule has 0 unspecified atom stereocenters. The Morgan fingerprint density at radius 2 is 1.55 bits per heavy atom. The van der Waals surface area contributed by atoms with Gasteiger partial charge in [0.1, 0.15) is 16.9 Å². The molecule has 4 amide bonds. The number of aromatic nitrogens is 3. The number of hydrogen-bond donors (Lipinski definition) is 0. The summed E-state index contributed by atoms with van der Waals surface area (Å²) in [4.78, 5) is 57.9. The van der Waals surface area contributed by atoms with E-state index < -0.39 is 17.4 Å². The first kappa shape index (κ1) is 26.7. The Labute approximate surface area is 244 Å². The monoisotopic (exact) mass is 600 g/mol. The predicted octanol–water partition coefficient (Wildman–Crippen LogP) is 4.01. The summed E-state index contributed by atoms with van der Waals surface area (Å²) in [5.41, 5.74) is 0.259. The molecule has 1 saturated carbocycles. The first-order chi connectivity index (χ1) is 19.2. The summed E-state index contributed by atoms with van der Waals surface area (Å²) in [5, 5.41) is 9.23. The van der Waals surface area contributed by atoms with Crippen molar-refractivity contribution < 1.29 is 19.2 Å². The van der Waals surface area contributed by atoms with Gasteiger partial charge < -0.3 is 9.80 Å². The second-order valence-electron chi connectivity index (χ2n) is 10.1. The van der Waals surface area contributed by atoms with Crippen LogP contribution < -0.4 is 0 Å². The minimum absolute atomic E-state index is 0.160. The van der Waals surface area contributed by atoms with Crippen molar-refractivity contribution in [3.63, 3.8) is 0 Å². The first-order valence-corrected chi connectivity index (χ1v) is 13.9. The van der Waals surface area contributed by atoms with Crippen molar-refractivity contribution in [1.82, 2.24) is 29.7 Å². The van der Waals surface area contributed by atoms with Crippen molar-refractivity contribution in [2.24, 2.45) is 0 Å². The van der Waals surface area contributed by atoms with Crippen LogP contribution in [0.3, 0.4) is 0 Å². The lowest BCUT2D eigenvalue weighted by Gasteiger charge is -2.42. The van der Waals surface area contributed by atoms with Crippen molar-refractivity contribution in [2.45, 2.75) is 37.8 Å². The third kappa shape index (κ3) is 4.34. The molecule has 1 aliphatic carbocycles. The molecule has 1 saturated heterocycles. The average molecular weight is 602 g/mol. The largest absolute Gasteiger partial charge is 0.333 e. The molecule has 40 heavy (non-hydrogen) atoms. The fraction of sp³-hybridized carbons (Fsp3) is 0.333. The number of carbonyl (C=O) groups excluding carboxylic acids is 4. The predicted molar refractivity (Wildman–Crippen MR) is 147 cm³/mol. The molecule has 2 aromatic carbocycles. The Bertz CT molecular complexity index is 1510. The van der Waals surface area contributed by atoms with Crippen molar-refractivity contribution in [1.29, 1.82) is 0 Å². The van der Waals surface area contributed by atoms with Gasteiger partial charge in [-0.05, 0) is 37.1 Å². The Balaban J connectivity index is 1.17. The number of fused-ring (bicyclic) bond motifs is 1. The lowest BCUT2D eigenvalue weighted by Crippen LogP contribution is -2.63. The standard InChI is InChI=1S/C27H23Cl3N6O4/c28-16-11-20(29)23(21(30)12-16)35-14-17(31-32-35)13-33-9-10-34(15-22(33)37)26(40)27(7-3-4-8-27)36-24(38)18-5-1-2-6-19(18)25(36)39/h1-2,5-6,11-12,14H,3-4,7-10,13,15H2. The maximum Gasteiger partial charge on any atom is 0.262 e. The van der Waals surface area contributed by atoms with E-state index in [-0.39, 0.29) is 38.0 Å². The van der Waals surface area contributed by atoms with Crippen LogP contribution in [0.25, 0.3) is 5.69 Å². The van der Waals surface area contributed by atoms with E-state index in [0.717, 1.165) is 4.90 Å². The quantitative estimate of drug-likeness (QED) is 0.409. The number of halogens is 3. The topological polar surface area (TPSA) is 109 Å². The maximum absolute atomic E-state index is 14.0. The number of carbonyl (C=O) groups is 4. The van der Waals surface area contributed by atoms with Crippen LogP contribution in [0.5, 0.6) is 0 Å².